The van der Waals surface area contributed by atoms with Crippen LogP contribution in [0.2, 0.25) is 0 Å². The van der Waals surface area contributed by atoms with Crippen molar-refractivity contribution in [2.45, 2.75) is 84.1 Å². The van der Waals surface area contributed by atoms with Crippen LogP contribution in [0.25, 0.3) is 0 Å². The van der Waals surface area contributed by atoms with Crippen LogP contribution >= 0.6 is 0 Å². The standard InChI is InChI=1S/C19H39NO2/c1-3-9-18(10-4-2)11-8-12-19-17-22-16-14-20(19)13-6-5-7-15-21/h18-19,21H,3-17H2,1-2H3. The summed E-state index contributed by atoms with van der Waals surface area (Å²) in [5, 5.41) is 8.88. The van der Waals surface area contributed by atoms with Crippen molar-refractivity contribution < 1.29 is 9.84 Å². The molecule has 0 aromatic carbocycles. The lowest BCUT2D eigenvalue weighted by Gasteiger charge is -2.36. The summed E-state index contributed by atoms with van der Waals surface area (Å²) >= 11 is 0. The van der Waals surface area contributed by atoms with Gasteiger partial charge in [0.05, 0.1) is 13.2 Å². The van der Waals surface area contributed by atoms with Gasteiger partial charge in [-0.2, -0.15) is 0 Å². The third kappa shape index (κ3) is 8.50. The maximum Gasteiger partial charge on any atom is 0.0622 e. The van der Waals surface area contributed by atoms with Crippen molar-refractivity contribution in [1.29, 1.82) is 0 Å². The van der Waals surface area contributed by atoms with Gasteiger partial charge in [-0.3, -0.25) is 4.90 Å². The van der Waals surface area contributed by atoms with Gasteiger partial charge in [0.2, 0.25) is 0 Å². The minimum absolute atomic E-state index is 0.336. The Labute approximate surface area is 138 Å². The Morgan fingerprint density at radius 3 is 2.50 bits per heavy atom. The highest BCUT2D eigenvalue weighted by molar-refractivity contribution is 4.76. The highest BCUT2D eigenvalue weighted by Gasteiger charge is 2.22. The van der Waals surface area contributed by atoms with Crippen LogP contribution in [-0.2, 0) is 4.74 Å². The fourth-order valence-corrected chi connectivity index (χ4v) is 3.74. The number of aliphatic hydroxyl groups is 1. The van der Waals surface area contributed by atoms with Crippen LogP contribution in [0.5, 0.6) is 0 Å². The van der Waals surface area contributed by atoms with Crippen molar-refractivity contribution >= 4 is 0 Å². The highest BCUT2D eigenvalue weighted by atomic mass is 16.5. The van der Waals surface area contributed by atoms with Crippen LogP contribution in [0.1, 0.15) is 78.1 Å². The summed E-state index contributed by atoms with van der Waals surface area (Å²) < 4.78 is 5.71. The summed E-state index contributed by atoms with van der Waals surface area (Å²) in [6, 6.07) is 0.631. The summed E-state index contributed by atoms with van der Waals surface area (Å²) in [4.78, 5) is 2.63. The van der Waals surface area contributed by atoms with Gasteiger partial charge in [0.25, 0.3) is 0 Å². The summed E-state index contributed by atoms with van der Waals surface area (Å²) in [5.41, 5.74) is 0. The third-order valence-electron chi connectivity index (χ3n) is 5.00. The normalized spacial score (nSPS) is 19.9. The lowest BCUT2D eigenvalue weighted by atomic mass is 9.91. The monoisotopic (exact) mass is 313 g/mol. The molecule has 0 aromatic rings. The summed E-state index contributed by atoms with van der Waals surface area (Å²) in [6.07, 6.45) is 12.8. The quantitative estimate of drug-likeness (QED) is 0.516. The van der Waals surface area contributed by atoms with Gasteiger partial charge >= 0.3 is 0 Å². The second-order valence-electron chi connectivity index (χ2n) is 6.92. The van der Waals surface area contributed by atoms with E-state index in [1.165, 1.54) is 57.9 Å². The molecule has 1 heterocycles. The first-order chi connectivity index (χ1) is 10.8. The van der Waals surface area contributed by atoms with Crippen LogP contribution in [-0.4, -0.2) is 49.0 Å². The average molecular weight is 314 g/mol. The molecule has 1 unspecified atom stereocenters. The number of ether oxygens (including phenoxy) is 1. The molecule has 0 amide bonds. The lowest BCUT2D eigenvalue weighted by Crippen LogP contribution is -2.45. The fraction of sp³-hybridized carbons (Fsp3) is 1.00. The van der Waals surface area contributed by atoms with Crippen molar-refractivity contribution in [2.24, 2.45) is 5.92 Å². The number of aliphatic hydroxyl groups excluding tert-OH is 1. The highest BCUT2D eigenvalue weighted by Crippen LogP contribution is 2.22. The van der Waals surface area contributed by atoms with Gasteiger partial charge < -0.3 is 9.84 Å². The Bertz CT molecular complexity index is 242. The Morgan fingerprint density at radius 1 is 1.05 bits per heavy atom. The molecule has 0 spiro atoms. The zero-order chi connectivity index (χ0) is 16.0. The minimum atomic E-state index is 0.336. The van der Waals surface area contributed by atoms with Crippen molar-refractivity contribution in [2.75, 3.05) is 32.9 Å². The summed E-state index contributed by atoms with van der Waals surface area (Å²) in [6.45, 7) is 9.05. The van der Waals surface area contributed by atoms with Crippen LogP contribution < -0.4 is 0 Å². The number of nitrogens with zero attached hydrogens (tertiary/aromatic N) is 1. The van der Waals surface area contributed by atoms with Crippen molar-refractivity contribution in [3.63, 3.8) is 0 Å². The number of rotatable bonds is 13. The van der Waals surface area contributed by atoms with E-state index in [1.807, 2.05) is 0 Å². The van der Waals surface area contributed by atoms with E-state index in [0.717, 1.165) is 38.5 Å². The topological polar surface area (TPSA) is 32.7 Å². The van der Waals surface area contributed by atoms with Crippen molar-refractivity contribution in [3.05, 3.63) is 0 Å². The lowest BCUT2D eigenvalue weighted by molar-refractivity contribution is -0.0122. The first-order valence-electron chi connectivity index (χ1n) is 9.74. The van der Waals surface area contributed by atoms with Gasteiger partial charge in [0.15, 0.2) is 0 Å². The van der Waals surface area contributed by atoms with Gasteiger partial charge in [-0.1, -0.05) is 52.4 Å². The van der Waals surface area contributed by atoms with Crippen LogP contribution in [0.4, 0.5) is 0 Å². The molecule has 1 fully saturated rings. The van der Waals surface area contributed by atoms with Gasteiger partial charge in [-0.05, 0) is 38.1 Å². The van der Waals surface area contributed by atoms with E-state index in [1.54, 1.807) is 0 Å². The second-order valence-corrected chi connectivity index (χ2v) is 6.92. The molecule has 3 heteroatoms. The van der Waals surface area contributed by atoms with Crippen LogP contribution in [0, 0.1) is 5.92 Å². The largest absolute Gasteiger partial charge is 0.396 e. The van der Waals surface area contributed by atoms with E-state index in [4.69, 9.17) is 9.84 Å². The number of unbranched alkanes of at least 4 members (excludes halogenated alkanes) is 2. The van der Waals surface area contributed by atoms with Gasteiger partial charge in [-0.15, -0.1) is 0 Å². The molecule has 1 aliphatic heterocycles. The zero-order valence-electron chi connectivity index (χ0n) is 15.1. The molecule has 1 saturated heterocycles. The van der Waals surface area contributed by atoms with Crippen LogP contribution in [0.3, 0.4) is 0 Å². The minimum Gasteiger partial charge on any atom is -0.396 e. The molecule has 3 nitrogen and oxygen atoms in total. The molecule has 22 heavy (non-hydrogen) atoms. The average Bonchev–Trinajstić information content (AvgIpc) is 2.53. The van der Waals surface area contributed by atoms with E-state index < -0.39 is 0 Å². The second kappa shape index (κ2) is 13.3. The van der Waals surface area contributed by atoms with E-state index >= 15 is 0 Å². The molecule has 1 rings (SSSR count). The summed E-state index contributed by atoms with van der Waals surface area (Å²) in [5.74, 6) is 0.942. The molecule has 1 atom stereocenters. The molecule has 0 aromatic heterocycles. The third-order valence-corrected chi connectivity index (χ3v) is 5.00. The van der Waals surface area contributed by atoms with Gasteiger partial charge in [0.1, 0.15) is 0 Å². The Balaban J connectivity index is 2.24. The molecule has 132 valence electrons. The van der Waals surface area contributed by atoms with Crippen LogP contribution in [0.15, 0.2) is 0 Å². The van der Waals surface area contributed by atoms with E-state index in [0.29, 0.717) is 12.6 Å². The van der Waals surface area contributed by atoms with E-state index in [9.17, 15) is 0 Å². The SMILES string of the molecule is CCCC(CCC)CCCC1COCCN1CCCCCO. The van der Waals surface area contributed by atoms with Gasteiger partial charge in [0, 0.05) is 19.2 Å². The Kier molecular flexibility index (Phi) is 12.1. The van der Waals surface area contributed by atoms with Gasteiger partial charge in [-0.25, -0.2) is 0 Å². The number of morpholine rings is 1. The molecule has 1 aliphatic rings. The Hall–Kier alpha value is -0.120. The zero-order valence-corrected chi connectivity index (χ0v) is 15.1. The molecule has 0 bridgehead atoms. The molecule has 1 N–H and O–H groups in total. The number of hydrogen-bond donors (Lipinski definition) is 1. The molecule has 0 aliphatic carbocycles. The maximum atomic E-state index is 8.88. The molecule has 0 saturated carbocycles. The van der Waals surface area contributed by atoms with E-state index in [2.05, 4.69) is 18.7 Å². The van der Waals surface area contributed by atoms with Crippen molar-refractivity contribution in [1.82, 2.24) is 4.90 Å². The van der Waals surface area contributed by atoms with Crippen molar-refractivity contribution in [3.8, 4) is 0 Å². The Morgan fingerprint density at radius 2 is 1.82 bits per heavy atom. The number of hydrogen-bond acceptors (Lipinski definition) is 3. The molecular weight excluding hydrogens is 274 g/mol. The summed E-state index contributed by atoms with van der Waals surface area (Å²) in [7, 11) is 0. The molecule has 0 radical (unpaired) electrons. The predicted molar refractivity (Wildman–Crippen MR) is 94.3 cm³/mol. The predicted octanol–water partition coefficient (Wildman–Crippen LogP) is 4.24. The smallest absolute Gasteiger partial charge is 0.0622 e. The molecular formula is C19H39NO2. The first kappa shape index (κ1) is 19.9. The van der Waals surface area contributed by atoms with E-state index in [-0.39, 0.29) is 0 Å². The fourth-order valence-electron chi connectivity index (χ4n) is 3.74. The first-order valence-corrected chi connectivity index (χ1v) is 9.74. The maximum absolute atomic E-state index is 8.88.